The van der Waals surface area contributed by atoms with Crippen LogP contribution in [0.1, 0.15) is 26.2 Å². The number of hydrogen-bond acceptors (Lipinski definition) is 3. The Morgan fingerprint density at radius 1 is 1.43 bits per heavy atom. The van der Waals surface area contributed by atoms with E-state index in [1.807, 2.05) is 11.8 Å². The number of rotatable bonds is 6. The van der Waals surface area contributed by atoms with Gasteiger partial charge in [0.15, 0.2) is 0 Å². The lowest BCUT2D eigenvalue weighted by Crippen LogP contribution is -2.38. The van der Waals surface area contributed by atoms with Gasteiger partial charge in [0.05, 0.1) is 0 Å². The molecular formula is C11H24N2S. The van der Waals surface area contributed by atoms with Gasteiger partial charge >= 0.3 is 0 Å². The maximum atomic E-state index is 3.69. The first-order valence-electron chi connectivity index (χ1n) is 5.79. The Kier molecular flexibility index (Phi) is 6.65. The van der Waals surface area contributed by atoms with Crippen LogP contribution in [-0.4, -0.2) is 37.7 Å². The maximum absolute atomic E-state index is 3.69. The summed E-state index contributed by atoms with van der Waals surface area (Å²) in [4.78, 5) is 0. The minimum Gasteiger partial charge on any atom is -0.317 e. The molecular weight excluding hydrogens is 192 g/mol. The fourth-order valence-corrected chi connectivity index (χ4v) is 2.70. The molecule has 0 amide bonds. The third kappa shape index (κ3) is 4.67. The molecule has 84 valence electrons. The van der Waals surface area contributed by atoms with Crippen LogP contribution in [0.25, 0.3) is 0 Å². The molecule has 3 heteroatoms. The fraction of sp³-hybridized carbons (Fsp3) is 1.00. The van der Waals surface area contributed by atoms with Gasteiger partial charge in [-0.3, -0.25) is 0 Å². The van der Waals surface area contributed by atoms with Crippen LogP contribution in [0.3, 0.4) is 0 Å². The largest absolute Gasteiger partial charge is 0.317 e. The van der Waals surface area contributed by atoms with Crippen molar-refractivity contribution in [2.45, 2.75) is 32.2 Å². The van der Waals surface area contributed by atoms with Gasteiger partial charge in [0.2, 0.25) is 0 Å². The van der Waals surface area contributed by atoms with Gasteiger partial charge < -0.3 is 10.6 Å². The van der Waals surface area contributed by atoms with Gasteiger partial charge in [-0.25, -0.2) is 0 Å². The monoisotopic (exact) mass is 216 g/mol. The second-order valence-corrected chi connectivity index (χ2v) is 5.07. The van der Waals surface area contributed by atoms with Crippen molar-refractivity contribution in [2.75, 3.05) is 31.6 Å². The molecule has 0 aromatic rings. The highest BCUT2D eigenvalue weighted by Gasteiger charge is 2.14. The molecule has 0 spiro atoms. The standard InChI is InChI=1S/C11H24N2S/c1-3-11(9-14-2)13-8-10-4-6-12-7-5-10/h10-13H,3-9H2,1-2H3. The van der Waals surface area contributed by atoms with E-state index in [0.29, 0.717) is 0 Å². The molecule has 2 nitrogen and oxygen atoms in total. The Morgan fingerprint density at radius 2 is 2.14 bits per heavy atom. The summed E-state index contributed by atoms with van der Waals surface area (Å²) in [5.41, 5.74) is 0. The molecule has 0 aromatic heterocycles. The van der Waals surface area contributed by atoms with Gasteiger partial charge in [-0.05, 0) is 51.1 Å². The lowest BCUT2D eigenvalue weighted by atomic mass is 9.98. The summed E-state index contributed by atoms with van der Waals surface area (Å²) in [6.45, 7) is 5.92. The topological polar surface area (TPSA) is 24.1 Å². The molecule has 0 bridgehead atoms. The Balaban J connectivity index is 2.10. The highest BCUT2D eigenvalue weighted by atomic mass is 32.2. The Bertz CT molecular complexity index is 130. The van der Waals surface area contributed by atoms with Gasteiger partial charge in [-0.2, -0.15) is 11.8 Å². The molecule has 0 radical (unpaired) electrons. The van der Waals surface area contributed by atoms with Crippen molar-refractivity contribution < 1.29 is 0 Å². The first-order chi connectivity index (χ1) is 6.86. The molecule has 1 aliphatic rings. The summed E-state index contributed by atoms with van der Waals surface area (Å²) in [5, 5.41) is 7.10. The highest BCUT2D eigenvalue weighted by molar-refractivity contribution is 7.98. The molecule has 1 fully saturated rings. The molecule has 1 unspecified atom stereocenters. The number of nitrogens with one attached hydrogen (secondary N) is 2. The van der Waals surface area contributed by atoms with Crippen LogP contribution in [-0.2, 0) is 0 Å². The average molecular weight is 216 g/mol. The molecule has 2 N–H and O–H groups in total. The van der Waals surface area contributed by atoms with E-state index in [9.17, 15) is 0 Å². The van der Waals surface area contributed by atoms with Crippen LogP contribution >= 0.6 is 11.8 Å². The van der Waals surface area contributed by atoms with E-state index in [1.165, 1.54) is 44.6 Å². The Hall–Kier alpha value is 0.270. The molecule has 14 heavy (non-hydrogen) atoms. The molecule has 1 rings (SSSR count). The second kappa shape index (κ2) is 7.55. The molecule has 0 saturated carbocycles. The SMILES string of the molecule is CCC(CSC)NCC1CCNCC1. The molecule has 1 aliphatic heterocycles. The summed E-state index contributed by atoms with van der Waals surface area (Å²) in [7, 11) is 0. The third-order valence-electron chi connectivity index (χ3n) is 3.01. The van der Waals surface area contributed by atoms with E-state index < -0.39 is 0 Å². The van der Waals surface area contributed by atoms with Crippen molar-refractivity contribution in [1.82, 2.24) is 10.6 Å². The molecule has 1 saturated heterocycles. The summed E-state index contributed by atoms with van der Waals surface area (Å²) in [6, 6.07) is 0.722. The van der Waals surface area contributed by atoms with E-state index in [2.05, 4.69) is 23.8 Å². The Labute approximate surface area is 92.6 Å². The van der Waals surface area contributed by atoms with Crippen molar-refractivity contribution in [3.63, 3.8) is 0 Å². The minimum atomic E-state index is 0.722. The first kappa shape index (κ1) is 12.3. The van der Waals surface area contributed by atoms with E-state index >= 15 is 0 Å². The van der Waals surface area contributed by atoms with Crippen molar-refractivity contribution in [2.24, 2.45) is 5.92 Å². The van der Waals surface area contributed by atoms with Gasteiger partial charge in [-0.1, -0.05) is 6.92 Å². The van der Waals surface area contributed by atoms with Crippen LogP contribution < -0.4 is 10.6 Å². The first-order valence-corrected chi connectivity index (χ1v) is 7.19. The third-order valence-corrected chi connectivity index (χ3v) is 3.75. The summed E-state index contributed by atoms with van der Waals surface area (Å²) >= 11 is 1.95. The number of thioether (sulfide) groups is 1. The van der Waals surface area contributed by atoms with Crippen LogP contribution in [0.2, 0.25) is 0 Å². The lowest BCUT2D eigenvalue weighted by Gasteiger charge is -2.25. The van der Waals surface area contributed by atoms with Crippen LogP contribution in [0.15, 0.2) is 0 Å². The predicted octanol–water partition coefficient (Wildman–Crippen LogP) is 1.72. The zero-order valence-corrected chi connectivity index (χ0v) is 10.3. The summed E-state index contributed by atoms with van der Waals surface area (Å²) in [5.74, 6) is 2.16. The van der Waals surface area contributed by atoms with Gasteiger partial charge in [-0.15, -0.1) is 0 Å². The fourth-order valence-electron chi connectivity index (χ4n) is 1.94. The normalized spacial score (nSPS) is 21.0. The zero-order chi connectivity index (χ0) is 10.2. The molecule has 1 heterocycles. The minimum absolute atomic E-state index is 0.722. The zero-order valence-electron chi connectivity index (χ0n) is 9.51. The smallest absolute Gasteiger partial charge is 0.0155 e. The Morgan fingerprint density at radius 3 is 2.71 bits per heavy atom. The van der Waals surface area contributed by atoms with Crippen molar-refractivity contribution in [1.29, 1.82) is 0 Å². The van der Waals surface area contributed by atoms with Gasteiger partial charge in [0.1, 0.15) is 0 Å². The van der Waals surface area contributed by atoms with Crippen molar-refractivity contribution in [3.05, 3.63) is 0 Å². The summed E-state index contributed by atoms with van der Waals surface area (Å²) < 4.78 is 0. The molecule has 0 aliphatic carbocycles. The predicted molar refractivity (Wildman–Crippen MR) is 66.1 cm³/mol. The van der Waals surface area contributed by atoms with E-state index in [0.717, 1.165) is 12.0 Å². The van der Waals surface area contributed by atoms with Gasteiger partial charge in [0, 0.05) is 11.8 Å². The number of hydrogen-bond donors (Lipinski definition) is 2. The molecule has 1 atom stereocenters. The lowest BCUT2D eigenvalue weighted by molar-refractivity contribution is 0.343. The van der Waals surface area contributed by atoms with Crippen LogP contribution in [0, 0.1) is 5.92 Å². The van der Waals surface area contributed by atoms with Crippen LogP contribution in [0.4, 0.5) is 0 Å². The number of piperidine rings is 1. The quantitative estimate of drug-likeness (QED) is 0.707. The van der Waals surface area contributed by atoms with Gasteiger partial charge in [0.25, 0.3) is 0 Å². The van der Waals surface area contributed by atoms with Crippen LogP contribution in [0.5, 0.6) is 0 Å². The summed E-state index contributed by atoms with van der Waals surface area (Å²) in [6.07, 6.45) is 6.14. The second-order valence-electron chi connectivity index (χ2n) is 4.16. The van der Waals surface area contributed by atoms with Crippen molar-refractivity contribution in [3.8, 4) is 0 Å². The van der Waals surface area contributed by atoms with E-state index in [1.54, 1.807) is 0 Å². The van der Waals surface area contributed by atoms with E-state index in [4.69, 9.17) is 0 Å². The highest BCUT2D eigenvalue weighted by Crippen LogP contribution is 2.11. The molecule has 0 aromatic carbocycles. The van der Waals surface area contributed by atoms with E-state index in [-0.39, 0.29) is 0 Å². The average Bonchev–Trinajstić information content (AvgIpc) is 2.25. The maximum Gasteiger partial charge on any atom is 0.0155 e. The van der Waals surface area contributed by atoms with Crippen molar-refractivity contribution >= 4 is 11.8 Å².